The zero-order valence-electron chi connectivity index (χ0n) is 16.5. The van der Waals surface area contributed by atoms with Gasteiger partial charge in [-0.3, -0.25) is 4.79 Å². The predicted molar refractivity (Wildman–Crippen MR) is 119 cm³/mol. The highest BCUT2D eigenvalue weighted by molar-refractivity contribution is 7.17. The number of amides is 1. The molecule has 0 aliphatic rings. The number of hydrogen-bond donors (Lipinski definition) is 1. The zero-order valence-corrected chi connectivity index (χ0v) is 18.1. The fourth-order valence-electron chi connectivity index (χ4n) is 2.94. The molecule has 3 aromatic rings. The number of aryl methyl sites for hydroxylation is 2. The Morgan fingerprint density at radius 1 is 1.03 bits per heavy atom. The van der Waals surface area contributed by atoms with Gasteiger partial charge >= 0.3 is 5.97 Å². The molecule has 0 saturated heterocycles. The second-order valence-electron chi connectivity index (χ2n) is 6.70. The number of carbonyl (C=O) groups is 2. The first-order chi connectivity index (χ1) is 13.9. The highest BCUT2D eigenvalue weighted by Gasteiger charge is 2.25. The van der Waals surface area contributed by atoms with Crippen molar-refractivity contribution in [3.8, 4) is 11.1 Å². The van der Waals surface area contributed by atoms with Gasteiger partial charge in [0.15, 0.2) is 0 Å². The Morgan fingerprint density at radius 2 is 1.69 bits per heavy atom. The van der Waals surface area contributed by atoms with Crippen LogP contribution in [0, 0.1) is 13.8 Å². The molecule has 0 radical (unpaired) electrons. The maximum atomic E-state index is 12.9. The number of rotatable bonds is 6. The quantitative estimate of drug-likeness (QED) is 0.456. The summed E-state index contributed by atoms with van der Waals surface area (Å²) >= 11 is 7.27. The van der Waals surface area contributed by atoms with Crippen LogP contribution in [0.4, 0.5) is 5.00 Å². The molecule has 0 aliphatic heterocycles. The van der Waals surface area contributed by atoms with Crippen molar-refractivity contribution >= 4 is 39.8 Å². The fourth-order valence-corrected chi connectivity index (χ4v) is 4.12. The van der Waals surface area contributed by atoms with Crippen molar-refractivity contribution in [2.45, 2.75) is 27.2 Å². The van der Waals surface area contributed by atoms with E-state index in [1.165, 1.54) is 11.3 Å². The summed E-state index contributed by atoms with van der Waals surface area (Å²) < 4.78 is 5.42. The van der Waals surface area contributed by atoms with E-state index in [1.54, 1.807) is 24.3 Å². The summed E-state index contributed by atoms with van der Waals surface area (Å²) in [4.78, 5) is 26.5. The van der Waals surface area contributed by atoms with Crippen LogP contribution in [0.2, 0.25) is 5.02 Å². The van der Waals surface area contributed by atoms with Crippen LogP contribution in [0.5, 0.6) is 0 Å². The van der Waals surface area contributed by atoms with Gasteiger partial charge in [0.25, 0.3) is 5.91 Å². The molecule has 1 N–H and O–H groups in total. The Bertz CT molecular complexity index is 1020. The number of nitrogens with one attached hydrogen (secondary N) is 1. The second kappa shape index (κ2) is 9.25. The third kappa shape index (κ3) is 4.86. The first kappa shape index (κ1) is 21.1. The maximum Gasteiger partial charge on any atom is 0.341 e. The molecule has 4 nitrogen and oxygen atoms in total. The topological polar surface area (TPSA) is 55.4 Å². The lowest BCUT2D eigenvalue weighted by molar-refractivity contribution is 0.0507. The van der Waals surface area contributed by atoms with Crippen molar-refractivity contribution in [2.75, 3.05) is 11.9 Å². The van der Waals surface area contributed by atoms with Crippen LogP contribution < -0.4 is 5.32 Å². The highest BCUT2D eigenvalue weighted by Crippen LogP contribution is 2.40. The van der Waals surface area contributed by atoms with Gasteiger partial charge in [-0.1, -0.05) is 48.4 Å². The highest BCUT2D eigenvalue weighted by atomic mass is 35.5. The molecule has 2 aromatic carbocycles. The van der Waals surface area contributed by atoms with Crippen molar-refractivity contribution in [3.05, 3.63) is 75.1 Å². The van der Waals surface area contributed by atoms with Crippen LogP contribution in [-0.2, 0) is 4.74 Å². The first-order valence-corrected chi connectivity index (χ1v) is 10.5. The number of esters is 1. The molecule has 0 aliphatic carbocycles. The van der Waals surface area contributed by atoms with Gasteiger partial charge in [0.1, 0.15) is 10.6 Å². The maximum absolute atomic E-state index is 12.9. The van der Waals surface area contributed by atoms with E-state index in [0.717, 1.165) is 28.0 Å². The summed E-state index contributed by atoms with van der Waals surface area (Å²) in [6, 6.07) is 14.6. The van der Waals surface area contributed by atoms with Gasteiger partial charge in [0, 0.05) is 21.0 Å². The minimum Gasteiger partial charge on any atom is -0.462 e. The second-order valence-corrected chi connectivity index (χ2v) is 8.36. The van der Waals surface area contributed by atoms with Crippen LogP contribution in [0.3, 0.4) is 0 Å². The molecule has 0 spiro atoms. The van der Waals surface area contributed by atoms with Crippen LogP contribution >= 0.6 is 22.9 Å². The number of carbonyl (C=O) groups excluding carboxylic acids is 2. The molecule has 0 bridgehead atoms. The molecule has 6 heteroatoms. The van der Waals surface area contributed by atoms with Crippen LogP contribution in [0.1, 0.15) is 44.5 Å². The molecule has 150 valence electrons. The standard InChI is InChI=1S/C23H22ClNO3S/c1-4-13-28-23(27)20-19(16-7-5-14(2)6-8-16)15(3)29-22(20)25-21(26)17-9-11-18(24)12-10-17/h5-12H,4,13H2,1-3H3,(H,25,26). The zero-order chi connectivity index (χ0) is 21.0. The molecular weight excluding hydrogens is 406 g/mol. The molecule has 0 unspecified atom stereocenters. The van der Waals surface area contributed by atoms with E-state index in [4.69, 9.17) is 16.3 Å². The smallest absolute Gasteiger partial charge is 0.341 e. The van der Waals surface area contributed by atoms with Crippen molar-refractivity contribution in [1.82, 2.24) is 0 Å². The number of anilines is 1. The van der Waals surface area contributed by atoms with E-state index < -0.39 is 5.97 Å². The number of benzene rings is 2. The van der Waals surface area contributed by atoms with E-state index in [0.29, 0.717) is 27.8 Å². The molecule has 0 fully saturated rings. The van der Waals surface area contributed by atoms with E-state index in [-0.39, 0.29) is 5.91 Å². The van der Waals surface area contributed by atoms with Gasteiger partial charge in [-0.05, 0) is 50.1 Å². The van der Waals surface area contributed by atoms with Gasteiger partial charge in [0.2, 0.25) is 0 Å². The fraction of sp³-hybridized carbons (Fsp3) is 0.217. The predicted octanol–water partition coefficient (Wildman–Crippen LogP) is 6.50. The average Bonchev–Trinajstić information content (AvgIpc) is 3.03. The number of ether oxygens (including phenoxy) is 1. The van der Waals surface area contributed by atoms with Gasteiger partial charge in [-0.25, -0.2) is 4.79 Å². The number of halogens is 1. The van der Waals surface area contributed by atoms with E-state index >= 15 is 0 Å². The molecule has 0 atom stereocenters. The van der Waals surface area contributed by atoms with E-state index in [9.17, 15) is 9.59 Å². The van der Waals surface area contributed by atoms with Crippen LogP contribution in [0.15, 0.2) is 48.5 Å². The Labute approximate surface area is 179 Å². The molecule has 0 saturated carbocycles. The van der Waals surface area contributed by atoms with Gasteiger partial charge in [-0.2, -0.15) is 0 Å². The van der Waals surface area contributed by atoms with E-state index in [2.05, 4.69) is 5.32 Å². The normalized spacial score (nSPS) is 10.6. The first-order valence-electron chi connectivity index (χ1n) is 9.35. The number of hydrogen-bond acceptors (Lipinski definition) is 4. The Hall–Kier alpha value is -2.63. The summed E-state index contributed by atoms with van der Waals surface area (Å²) in [5, 5.41) is 3.92. The van der Waals surface area contributed by atoms with Crippen LogP contribution in [0.25, 0.3) is 11.1 Å². The molecule has 1 amide bonds. The molecule has 1 heterocycles. The SMILES string of the molecule is CCCOC(=O)c1c(NC(=O)c2ccc(Cl)cc2)sc(C)c1-c1ccc(C)cc1. The Morgan fingerprint density at radius 3 is 2.31 bits per heavy atom. The van der Waals surface area contributed by atoms with Crippen LogP contribution in [-0.4, -0.2) is 18.5 Å². The minimum absolute atomic E-state index is 0.303. The van der Waals surface area contributed by atoms with Gasteiger partial charge < -0.3 is 10.1 Å². The monoisotopic (exact) mass is 427 g/mol. The van der Waals surface area contributed by atoms with Crippen molar-refractivity contribution in [3.63, 3.8) is 0 Å². The van der Waals surface area contributed by atoms with Crippen molar-refractivity contribution < 1.29 is 14.3 Å². The lowest BCUT2D eigenvalue weighted by Gasteiger charge is -2.10. The third-order valence-electron chi connectivity index (χ3n) is 4.40. The van der Waals surface area contributed by atoms with Gasteiger partial charge in [-0.15, -0.1) is 11.3 Å². The minimum atomic E-state index is -0.432. The molecule has 3 rings (SSSR count). The van der Waals surface area contributed by atoms with Gasteiger partial charge in [0.05, 0.1) is 6.61 Å². The third-order valence-corrected chi connectivity index (χ3v) is 5.67. The summed E-state index contributed by atoms with van der Waals surface area (Å²) in [7, 11) is 0. The lowest BCUT2D eigenvalue weighted by atomic mass is 10.0. The summed E-state index contributed by atoms with van der Waals surface area (Å²) in [5.74, 6) is -0.735. The number of thiophene rings is 1. The largest absolute Gasteiger partial charge is 0.462 e. The summed E-state index contributed by atoms with van der Waals surface area (Å²) in [6.45, 7) is 6.22. The lowest BCUT2D eigenvalue weighted by Crippen LogP contribution is -2.15. The summed E-state index contributed by atoms with van der Waals surface area (Å²) in [5.41, 5.74) is 3.70. The Balaban J connectivity index is 2.02. The van der Waals surface area contributed by atoms with E-state index in [1.807, 2.05) is 45.0 Å². The average molecular weight is 428 g/mol. The molecule has 29 heavy (non-hydrogen) atoms. The molecular formula is C23H22ClNO3S. The molecule has 1 aromatic heterocycles. The van der Waals surface area contributed by atoms with Crippen molar-refractivity contribution in [2.24, 2.45) is 0 Å². The summed E-state index contributed by atoms with van der Waals surface area (Å²) in [6.07, 6.45) is 0.723. The van der Waals surface area contributed by atoms with Crippen molar-refractivity contribution in [1.29, 1.82) is 0 Å². The Kier molecular flexibility index (Phi) is 6.72.